The van der Waals surface area contributed by atoms with Crippen molar-refractivity contribution in [3.63, 3.8) is 0 Å². The molecule has 0 saturated heterocycles. The highest BCUT2D eigenvalue weighted by Crippen LogP contribution is 2.25. The van der Waals surface area contributed by atoms with E-state index in [1.807, 2.05) is 0 Å². The molecule has 0 amide bonds. The Morgan fingerprint density at radius 1 is 0.722 bits per heavy atom. The third kappa shape index (κ3) is 13.9. The molecular weight excluding hydrogens is 232 g/mol. The van der Waals surface area contributed by atoms with E-state index in [2.05, 4.69) is 6.92 Å². The van der Waals surface area contributed by atoms with Crippen LogP contribution in [0.5, 0.6) is 0 Å². The zero-order valence-corrected chi connectivity index (χ0v) is 12.1. The topological polar surface area (TPSA) is 80.9 Å². The summed E-state index contributed by atoms with van der Waals surface area (Å²) in [5.41, 5.74) is -0.666. The van der Waals surface area contributed by atoms with Crippen LogP contribution in [-0.2, 0) is 0 Å². The van der Waals surface area contributed by atoms with Crippen LogP contribution in [-0.4, -0.2) is 45.8 Å². The molecule has 0 aliphatic rings. The van der Waals surface area contributed by atoms with E-state index in [9.17, 15) is 5.11 Å². The first-order valence-electron chi connectivity index (χ1n) is 7.15. The van der Waals surface area contributed by atoms with Gasteiger partial charge in [-0.3, -0.25) is 0 Å². The summed E-state index contributed by atoms with van der Waals surface area (Å²) >= 11 is 0. The van der Waals surface area contributed by atoms with Gasteiger partial charge in [0.15, 0.2) is 0 Å². The smallest absolute Gasteiger partial charge is 0.0649 e. The second-order valence-corrected chi connectivity index (χ2v) is 4.65. The maximum atomic E-state index is 10.3. The van der Waals surface area contributed by atoms with Gasteiger partial charge in [0.1, 0.15) is 0 Å². The summed E-state index contributed by atoms with van der Waals surface area (Å²) in [6.07, 6.45) is 6.70. The van der Waals surface area contributed by atoms with Crippen molar-refractivity contribution in [2.75, 3.05) is 19.8 Å². The zero-order valence-electron chi connectivity index (χ0n) is 12.1. The number of aliphatic hydroxyl groups is 4. The molecule has 112 valence electrons. The number of rotatable bonds is 10. The number of unbranched alkanes of at least 4 members (excludes halogenated alkanes) is 2. The van der Waals surface area contributed by atoms with Crippen molar-refractivity contribution in [2.45, 2.75) is 70.8 Å². The summed E-state index contributed by atoms with van der Waals surface area (Å²) in [6.45, 7) is 4.34. The Balaban J connectivity index is 0. The maximum absolute atomic E-state index is 10.3. The fourth-order valence-electron chi connectivity index (χ4n) is 1.90. The summed E-state index contributed by atoms with van der Waals surface area (Å²) in [5, 5.41) is 35.4. The predicted octanol–water partition coefficient (Wildman–Crippen LogP) is 1.84. The Morgan fingerprint density at radius 3 is 1.44 bits per heavy atom. The standard InChI is InChI=1S/C12H26O3.C2H6O/c1-2-3-4-7-12(15,8-5-10-13)9-6-11-14;1-2-3/h13-15H,2-11H2,1H3;3H,2H2,1H3. The lowest BCUT2D eigenvalue weighted by molar-refractivity contribution is 0.00104. The van der Waals surface area contributed by atoms with E-state index in [0.717, 1.165) is 25.7 Å². The highest BCUT2D eigenvalue weighted by Gasteiger charge is 2.24. The van der Waals surface area contributed by atoms with Crippen molar-refractivity contribution < 1.29 is 20.4 Å². The van der Waals surface area contributed by atoms with Crippen LogP contribution in [0, 0.1) is 0 Å². The summed E-state index contributed by atoms with van der Waals surface area (Å²) in [5.74, 6) is 0. The normalized spacial score (nSPS) is 11.0. The van der Waals surface area contributed by atoms with E-state index < -0.39 is 5.60 Å². The van der Waals surface area contributed by atoms with Crippen LogP contribution in [0.4, 0.5) is 0 Å². The fourth-order valence-corrected chi connectivity index (χ4v) is 1.90. The Labute approximate surface area is 112 Å². The zero-order chi connectivity index (χ0) is 14.3. The van der Waals surface area contributed by atoms with E-state index in [4.69, 9.17) is 15.3 Å². The second kappa shape index (κ2) is 14.9. The van der Waals surface area contributed by atoms with Crippen LogP contribution < -0.4 is 0 Å². The van der Waals surface area contributed by atoms with Gasteiger partial charge in [-0.1, -0.05) is 26.2 Å². The van der Waals surface area contributed by atoms with Crippen LogP contribution in [0.3, 0.4) is 0 Å². The molecule has 0 aromatic rings. The minimum Gasteiger partial charge on any atom is -0.397 e. The van der Waals surface area contributed by atoms with Crippen LogP contribution in [0.1, 0.15) is 65.2 Å². The average molecular weight is 264 g/mol. The van der Waals surface area contributed by atoms with E-state index in [1.165, 1.54) is 0 Å². The molecule has 0 heterocycles. The quantitative estimate of drug-likeness (QED) is 0.454. The Hall–Kier alpha value is -0.160. The molecule has 4 N–H and O–H groups in total. The minimum absolute atomic E-state index is 0.134. The Bertz CT molecular complexity index is 143. The number of hydrogen-bond donors (Lipinski definition) is 4. The molecule has 18 heavy (non-hydrogen) atoms. The first-order valence-corrected chi connectivity index (χ1v) is 7.15. The van der Waals surface area contributed by atoms with Crippen LogP contribution in [0.2, 0.25) is 0 Å². The molecule has 0 aromatic carbocycles. The van der Waals surface area contributed by atoms with Crippen LogP contribution >= 0.6 is 0 Å². The van der Waals surface area contributed by atoms with E-state index in [1.54, 1.807) is 6.92 Å². The molecule has 4 nitrogen and oxygen atoms in total. The van der Waals surface area contributed by atoms with E-state index in [0.29, 0.717) is 25.7 Å². The average Bonchev–Trinajstić information content (AvgIpc) is 2.36. The summed E-state index contributed by atoms with van der Waals surface area (Å²) < 4.78 is 0. The molecule has 0 radical (unpaired) electrons. The lowest BCUT2D eigenvalue weighted by atomic mass is 9.87. The third-order valence-corrected chi connectivity index (χ3v) is 2.85. The van der Waals surface area contributed by atoms with Crippen molar-refractivity contribution in [1.82, 2.24) is 0 Å². The van der Waals surface area contributed by atoms with Gasteiger partial charge in [0.25, 0.3) is 0 Å². The predicted molar refractivity (Wildman–Crippen MR) is 74.5 cm³/mol. The third-order valence-electron chi connectivity index (χ3n) is 2.85. The molecular formula is C14H32O4. The summed E-state index contributed by atoms with van der Waals surface area (Å²) in [7, 11) is 0. The van der Waals surface area contributed by atoms with Crippen molar-refractivity contribution >= 4 is 0 Å². The van der Waals surface area contributed by atoms with Gasteiger partial charge in [0, 0.05) is 19.8 Å². The Morgan fingerprint density at radius 2 is 1.11 bits per heavy atom. The lowest BCUT2D eigenvalue weighted by Crippen LogP contribution is -2.29. The largest absolute Gasteiger partial charge is 0.397 e. The number of aliphatic hydroxyl groups excluding tert-OH is 3. The Kier molecular flexibility index (Phi) is 16.7. The summed E-state index contributed by atoms with van der Waals surface area (Å²) in [6, 6.07) is 0. The monoisotopic (exact) mass is 264 g/mol. The van der Waals surface area contributed by atoms with Crippen molar-refractivity contribution in [3.05, 3.63) is 0 Å². The van der Waals surface area contributed by atoms with Gasteiger partial charge < -0.3 is 20.4 Å². The molecule has 0 aromatic heterocycles. The maximum Gasteiger partial charge on any atom is 0.0649 e. The molecule has 0 aliphatic carbocycles. The van der Waals surface area contributed by atoms with Crippen LogP contribution in [0.15, 0.2) is 0 Å². The van der Waals surface area contributed by atoms with Gasteiger partial charge in [-0.25, -0.2) is 0 Å². The molecule has 0 aliphatic heterocycles. The molecule has 0 bridgehead atoms. The van der Waals surface area contributed by atoms with Gasteiger partial charge in [0.2, 0.25) is 0 Å². The lowest BCUT2D eigenvalue weighted by Gasteiger charge is -2.28. The van der Waals surface area contributed by atoms with Gasteiger partial charge in [0.05, 0.1) is 5.60 Å². The molecule has 4 heteroatoms. The fraction of sp³-hybridized carbons (Fsp3) is 1.00. The van der Waals surface area contributed by atoms with Crippen molar-refractivity contribution in [3.8, 4) is 0 Å². The summed E-state index contributed by atoms with van der Waals surface area (Å²) in [4.78, 5) is 0. The first-order chi connectivity index (χ1) is 8.60. The highest BCUT2D eigenvalue weighted by atomic mass is 16.3. The second-order valence-electron chi connectivity index (χ2n) is 4.65. The van der Waals surface area contributed by atoms with E-state index >= 15 is 0 Å². The number of hydrogen-bond acceptors (Lipinski definition) is 4. The first kappa shape index (κ1) is 20.2. The molecule has 0 rings (SSSR count). The molecule has 0 spiro atoms. The van der Waals surface area contributed by atoms with Crippen molar-refractivity contribution in [1.29, 1.82) is 0 Å². The molecule has 0 atom stereocenters. The van der Waals surface area contributed by atoms with Crippen molar-refractivity contribution in [2.24, 2.45) is 0 Å². The van der Waals surface area contributed by atoms with E-state index in [-0.39, 0.29) is 19.8 Å². The van der Waals surface area contributed by atoms with Gasteiger partial charge in [-0.05, 0) is 39.0 Å². The van der Waals surface area contributed by atoms with Gasteiger partial charge in [-0.2, -0.15) is 0 Å². The van der Waals surface area contributed by atoms with Gasteiger partial charge >= 0.3 is 0 Å². The molecule has 0 fully saturated rings. The highest BCUT2D eigenvalue weighted by molar-refractivity contribution is 4.78. The minimum atomic E-state index is -0.666. The molecule has 0 saturated carbocycles. The van der Waals surface area contributed by atoms with Crippen LogP contribution in [0.25, 0.3) is 0 Å². The van der Waals surface area contributed by atoms with Gasteiger partial charge in [-0.15, -0.1) is 0 Å². The SMILES string of the molecule is CCCCCC(O)(CCCO)CCCO.CCO. The molecule has 0 unspecified atom stereocenters.